The second-order valence-corrected chi connectivity index (χ2v) is 3.43. The van der Waals surface area contributed by atoms with Crippen molar-refractivity contribution in [3.63, 3.8) is 0 Å². The van der Waals surface area contributed by atoms with E-state index in [0.29, 0.717) is 0 Å². The van der Waals surface area contributed by atoms with E-state index in [4.69, 9.17) is 0 Å². The summed E-state index contributed by atoms with van der Waals surface area (Å²) >= 11 is 0. The summed E-state index contributed by atoms with van der Waals surface area (Å²) in [6.45, 7) is 0. The monoisotopic (exact) mass is 168 g/mol. The van der Waals surface area contributed by atoms with E-state index in [1.54, 1.807) is 0 Å². The van der Waals surface area contributed by atoms with Crippen molar-refractivity contribution in [2.75, 3.05) is 0 Å². The number of benzene rings is 1. The summed E-state index contributed by atoms with van der Waals surface area (Å²) in [6.07, 6.45) is 6.65. The summed E-state index contributed by atoms with van der Waals surface area (Å²) in [6, 6.07) is 8.37. The fraction of sp³-hybridized carbons (Fsp3) is 0.167. The third-order valence-electron chi connectivity index (χ3n) is 2.61. The van der Waals surface area contributed by atoms with Crippen molar-refractivity contribution in [1.29, 1.82) is 0 Å². The van der Waals surface area contributed by atoms with Crippen LogP contribution in [0.15, 0.2) is 41.0 Å². The maximum atomic E-state index is 4.58. The maximum absolute atomic E-state index is 4.58. The molecule has 0 atom stereocenters. The summed E-state index contributed by atoms with van der Waals surface area (Å²) in [7, 11) is 0. The molecule has 1 aliphatic heterocycles. The predicted molar refractivity (Wildman–Crippen MR) is 52.2 cm³/mol. The third-order valence-corrected chi connectivity index (χ3v) is 2.61. The highest BCUT2D eigenvalue weighted by Crippen LogP contribution is 2.25. The average Bonchev–Trinajstić information content (AvgIpc) is 2.56. The van der Waals surface area contributed by atoms with Crippen LogP contribution in [0.25, 0.3) is 5.57 Å². The highest BCUT2D eigenvalue weighted by molar-refractivity contribution is 5.68. The second-order valence-electron chi connectivity index (χ2n) is 3.43. The Morgan fingerprint density at radius 3 is 3.08 bits per heavy atom. The number of fused-ring (bicyclic) bond motifs is 2. The van der Waals surface area contributed by atoms with Gasteiger partial charge in [0, 0.05) is 5.22 Å². The highest BCUT2D eigenvalue weighted by atomic mass is 14.8. The van der Waals surface area contributed by atoms with Gasteiger partial charge >= 0.3 is 0 Å². The molecule has 1 radical (unpaired) electrons. The van der Waals surface area contributed by atoms with Gasteiger partial charge in [0.05, 0.1) is 11.1 Å². The quantitative estimate of drug-likeness (QED) is 0.554. The van der Waals surface area contributed by atoms with Gasteiger partial charge in [-0.2, -0.15) is 0 Å². The van der Waals surface area contributed by atoms with Gasteiger partial charge in [0.15, 0.2) is 0 Å². The first-order valence-corrected chi connectivity index (χ1v) is 4.64. The van der Waals surface area contributed by atoms with E-state index in [1.807, 2.05) is 6.07 Å². The van der Waals surface area contributed by atoms with Gasteiger partial charge in [0.2, 0.25) is 0 Å². The van der Waals surface area contributed by atoms with Gasteiger partial charge in [-0.3, -0.25) is 0 Å². The molecule has 2 aliphatic rings. The molecule has 1 aliphatic carbocycles. The van der Waals surface area contributed by atoms with Gasteiger partial charge in [-0.05, 0) is 30.9 Å². The Bertz CT molecular complexity index is 494. The molecule has 0 spiro atoms. The Hall–Kier alpha value is -1.37. The standard InChI is InChI=1S/C12H10N/c1-3-7-11-9(5-1)10-6-2-4-8-12(10)13-11/h1-3,5,7-8H,4,6H2. The van der Waals surface area contributed by atoms with Crippen LogP contribution in [-0.4, -0.2) is 0 Å². The largest absolute Gasteiger partial charge is 0.248 e. The molecule has 0 fully saturated rings. The number of nitrogens with zero attached hydrogens (tertiary/aromatic N) is 1. The molecule has 0 unspecified atom stereocenters. The lowest BCUT2D eigenvalue weighted by molar-refractivity contribution is 1.05. The SMILES string of the molecule is [CH]1CC=C2N=c3ccccc3=C2C1. The minimum Gasteiger partial charge on any atom is -0.248 e. The molecule has 0 saturated heterocycles. The van der Waals surface area contributed by atoms with Crippen LogP contribution < -0.4 is 10.6 Å². The van der Waals surface area contributed by atoms with Crippen LogP contribution in [0, 0.1) is 6.42 Å². The summed E-state index contributed by atoms with van der Waals surface area (Å²) < 4.78 is 0. The predicted octanol–water partition coefficient (Wildman–Crippen LogP) is 1.35. The Morgan fingerprint density at radius 2 is 2.08 bits per heavy atom. The Balaban J connectivity index is 2.43. The second kappa shape index (κ2) is 2.56. The average molecular weight is 168 g/mol. The normalized spacial score (nSPS) is 18.8. The minimum absolute atomic E-state index is 1.07. The van der Waals surface area contributed by atoms with Crippen molar-refractivity contribution in [3.8, 4) is 0 Å². The lowest BCUT2D eigenvalue weighted by atomic mass is 9.98. The van der Waals surface area contributed by atoms with Crippen molar-refractivity contribution < 1.29 is 0 Å². The van der Waals surface area contributed by atoms with Gasteiger partial charge in [0.25, 0.3) is 0 Å². The van der Waals surface area contributed by atoms with E-state index in [9.17, 15) is 0 Å². The molecule has 1 aromatic carbocycles. The molecule has 63 valence electrons. The molecule has 0 N–H and O–H groups in total. The Morgan fingerprint density at radius 1 is 1.15 bits per heavy atom. The fourth-order valence-electron chi connectivity index (χ4n) is 1.97. The molecule has 0 amide bonds. The van der Waals surface area contributed by atoms with E-state index in [2.05, 4.69) is 35.7 Å². The molecular formula is C12H10N. The van der Waals surface area contributed by atoms with Gasteiger partial charge < -0.3 is 0 Å². The van der Waals surface area contributed by atoms with Crippen LogP contribution in [0.4, 0.5) is 0 Å². The minimum atomic E-state index is 1.07. The molecule has 1 heteroatoms. The maximum Gasteiger partial charge on any atom is 0.0712 e. The van der Waals surface area contributed by atoms with Gasteiger partial charge in [-0.15, -0.1) is 0 Å². The topological polar surface area (TPSA) is 12.4 Å². The Labute approximate surface area is 77.1 Å². The molecule has 1 heterocycles. The van der Waals surface area contributed by atoms with Crippen molar-refractivity contribution >= 4 is 5.57 Å². The molecule has 0 saturated carbocycles. The van der Waals surface area contributed by atoms with Gasteiger partial charge in [0.1, 0.15) is 0 Å². The molecular weight excluding hydrogens is 158 g/mol. The van der Waals surface area contributed by atoms with Gasteiger partial charge in [-0.25, -0.2) is 4.99 Å². The summed E-state index contributed by atoms with van der Waals surface area (Å²) in [4.78, 5) is 4.58. The van der Waals surface area contributed by atoms with Crippen molar-refractivity contribution in [1.82, 2.24) is 0 Å². The summed E-state index contributed by atoms with van der Waals surface area (Å²) in [5.74, 6) is 0. The first-order valence-electron chi connectivity index (χ1n) is 4.64. The van der Waals surface area contributed by atoms with E-state index in [-0.39, 0.29) is 0 Å². The van der Waals surface area contributed by atoms with Crippen LogP contribution >= 0.6 is 0 Å². The zero-order valence-electron chi connectivity index (χ0n) is 7.33. The van der Waals surface area contributed by atoms with Crippen LogP contribution in [0.3, 0.4) is 0 Å². The number of allylic oxidation sites excluding steroid dienone is 2. The van der Waals surface area contributed by atoms with E-state index in [0.717, 1.165) is 18.2 Å². The van der Waals surface area contributed by atoms with Crippen molar-refractivity contribution in [2.24, 2.45) is 4.99 Å². The molecule has 1 nitrogen and oxygen atoms in total. The van der Waals surface area contributed by atoms with Crippen molar-refractivity contribution in [3.05, 3.63) is 53.0 Å². The Kier molecular flexibility index (Phi) is 1.39. The molecule has 0 bridgehead atoms. The van der Waals surface area contributed by atoms with E-state index < -0.39 is 0 Å². The fourth-order valence-corrected chi connectivity index (χ4v) is 1.97. The first-order chi connectivity index (χ1) is 6.45. The lowest BCUT2D eigenvalue weighted by Crippen LogP contribution is -2.22. The molecule has 13 heavy (non-hydrogen) atoms. The van der Waals surface area contributed by atoms with Crippen LogP contribution in [0.5, 0.6) is 0 Å². The van der Waals surface area contributed by atoms with Crippen LogP contribution in [0.1, 0.15) is 12.8 Å². The van der Waals surface area contributed by atoms with Crippen molar-refractivity contribution in [2.45, 2.75) is 12.8 Å². The number of hydrogen-bond acceptors (Lipinski definition) is 1. The number of rotatable bonds is 0. The zero-order valence-corrected chi connectivity index (χ0v) is 7.33. The highest BCUT2D eigenvalue weighted by Gasteiger charge is 2.14. The van der Waals surface area contributed by atoms with E-state index in [1.165, 1.54) is 16.5 Å². The number of para-hydroxylation sites is 1. The van der Waals surface area contributed by atoms with Crippen LogP contribution in [-0.2, 0) is 0 Å². The number of hydrogen-bond donors (Lipinski definition) is 0. The zero-order chi connectivity index (χ0) is 8.67. The van der Waals surface area contributed by atoms with Crippen LogP contribution in [0.2, 0.25) is 0 Å². The van der Waals surface area contributed by atoms with E-state index >= 15 is 0 Å². The lowest BCUT2D eigenvalue weighted by Gasteiger charge is -2.08. The van der Waals surface area contributed by atoms with Gasteiger partial charge in [-0.1, -0.05) is 24.3 Å². The summed E-state index contributed by atoms with van der Waals surface area (Å²) in [5, 5.41) is 2.46. The molecule has 0 aromatic heterocycles. The smallest absolute Gasteiger partial charge is 0.0712 e. The molecule has 1 aromatic rings. The summed E-state index contributed by atoms with van der Waals surface area (Å²) in [5.41, 5.74) is 2.60. The first kappa shape index (κ1) is 7.07. The third kappa shape index (κ3) is 0.966. The molecule has 3 rings (SSSR count).